The Hall–Kier alpha value is -2.98. The number of amides is 2. The van der Waals surface area contributed by atoms with Crippen LogP contribution in [0.25, 0.3) is 0 Å². The van der Waals surface area contributed by atoms with E-state index in [0.717, 1.165) is 10.0 Å². The number of hydrogen-bond acceptors (Lipinski definition) is 7. The first-order valence-corrected chi connectivity index (χ1v) is 12.7. The summed E-state index contributed by atoms with van der Waals surface area (Å²) < 4.78 is 11.4. The van der Waals surface area contributed by atoms with Gasteiger partial charge in [0.05, 0.1) is 25.5 Å². The maximum atomic E-state index is 13.1. The molecule has 0 fully saturated rings. The maximum Gasteiger partial charge on any atom is 0.255 e. The molecule has 0 unspecified atom stereocenters. The first-order chi connectivity index (χ1) is 16.7. The zero-order valence-corrected chi connectivity index (χ0v) is 22.5. The molecule has 0 bridgehead atoms. The van der Waals surface area contributed by atoms with Crippen molar-refractivity contribution in [3.63, 3.8) is 0 Å². The summed E-state index contributed by atoms with van der Waals surface area (Å²) in [6.07, 6.45) is 0.578. The van der Waals surface area contributed by atoms with E-state index in [4.69, 9.17) is 15.2 Å². The lowest BCUT2D eigenvalue weighted by atomic mass is 10.1. The van der Waals surface area contributed by atoms with E-state index in [1.54, 1.807) is 20.3 Å². The van der Waals surface area contributed by atoms with Gasteiger partial charge in [-0.05, 0) is 66.0 Å². The lowest BCUT2D eigenvalue weighted by Gasteiger charge is -2.12. The Balaban J connectivity index is 1.74. The summed E-state index contributed by atoms with van der Waals surface area (Å²) >= 11 is 4.61. The minimum atomic E-state index is -0.758. The normalized spacial score (nSPS) is 16.5. The summed E-state index contributed by atoms with van der Waals surface area (Å²) in [6.45, 7) is 4.19. The summed E-state index contributed by atoms with van der Waals surface area (Å²) in [5.74, 6) is 0.596. The van der Waals surface area contributed by atoms with Gasteiger partial charge in [0.15, 0.2) is 11.5 Å². The van der Waals surface area contributed by atoms with Crippen LogP contribution in [0.15, 0.2) is 63.2 Å². The fraction of sp³-hybridized carbons (Fsp3) is 0.320. The second-order valence-electron chi connectivity index (χ2n) is 8.02. The largest absolute Gasteiger partial charge is 0.493 e. The number of nitrogens with one attached hydrogen (secondary N) is 2. The number of thioether (sulfide) groups is 1. The second kappa shape index (κ2) is 12.1. The van der Waals surface area contributed by atoms with Gasteiger partial charge in [-0.1, -0.05) is 30.0 Å². The van der Waals surface area contributed by atoms with Crippen LogP contribution < -0.4 is 25.8 Å². The number of anilines is 1. The predicted octanol–water partition coefficient (Wildman–Crippen LogP) is 3.90. The Morgan fingerprint density at radius 3 is 2.51 bits per heavy atom. The highest BCUT2D eigenvalue weighted by Crippen LogP contribution is 2.35. The van der Waals surface area contributed by atoms with Crippen LogP contribution in [-0.2, 0) is 16.0 Å². The van der Waals surface area contributed by atoms with E-state index in [0.29, 0.717) is 35.2 Å². The monoisotopic (exact) mass is 560 g/mol. The summed E-state index contributed by atoms with van der Waals surface area (Å²) in [5.41, 5.74) is 8.40. The van der Waals surface area contributed by atoms with E-state index < -0.39 is 5.25 Å². The Morgan fingerprint density at radius 2 is 1.86 bits per heavy atom. The lowest BCUT2D eigenvalue weighted by molar-refractivity contribution is -0.117. The number of aliphatic imine (C=N–C) groups is 1. The number of rotatable bonds is 9. The van der Waals surface area contributed by atoms with Crippen LogP contribution in [-0.4, -0.2) is 48.9 Å². The van der Waals surface area contributed by atoms with Gasteiger partial charge in [0.2, 0.25) is 5.91 Å². The molecule has 0 radical (unpaired) electrons. The molecule has 1 atom stereocenters. The molecular weight excluding hydrogens is 532 g/mol. The average molecular weight is 562 g/mol. The van der Waals surface area contributed by atoms with Crippen LogP contribution in [0, 0.1) is 0 Å². The van der Waals surface area contributed by atoms with Crippen LogP contribution in [0.1, 0.15) is 19.4 Å². The quantitative estimate of drug-likeness (QED) is 0.428. The lowest BCUT2D eigenvalue weighted by Crippen LogP contribution is -2.32. The average Bonchev–Trinajstić information content (AvgIpc) is 3.15. The number of benzene rings is 2. The molecule has 0 saturated carbocycles. The van der Waals surface area contributed by atoms with Crippen LogP contribution in [0.4, 0.5) is 5.69 Å². The molecular formula is C25H29BrN4O4S. The van der Waals surface area contributed by atoms with Crippen molar-refractivity contribution in [3.8, 4) is 11.5 Å². The van der Waals surface area contributed by atoms with E-state index >= 15 is 0 Å². The van der Waals surface area contributed by atoms with E-state index in [2.05, 4.69) is 31.6 Å². The highest BCUT2D eigenvalue weighted by Gasteiger charge is 2.38. The third kappa shape index (κ3) is 6.58. The molecule has 0 aliphatic carbocycles. The van der Waals surface area contributed by atoms with E-state index in [-0.39, 0.29) is 29.1 Å². The first kappa shape index (κ1) is 26.6. The number of halogens is 1. The molecule has 35 heavy (non-hydrogen) atoms. The smallest absolute Gasteiger partial charge is 0.255 e. The van der Waals surface area contributed by atoms with Crippen LogP contribution in [0.3, 0.4) is 0 Å². The fourth-order valence-electron chi connectivity index (χ4n) is 3.45. The maximum absolute atomic E-state index is 13.1. The standard InChI is InChI=1S/C25H29BrN4O4S/c1-14(2)29-25-20(21(27)22(35-25)24(32)30-17-8-6-5-7-16(17)26)23(31)28-12-11-15-9-10-18(33-3)19(13-15)34-4/h5-10,13-14,22H,11-12,27H2,1-4H3,(H,28,31)(H,30,32)/t22-/m1/s1. The Morgan fingerprint density at radius 1 is 1.14 bits per heavy atom. The fourth-order valence-corrected chi connectivity index (χ4v) is 5.06. The Labute approximate surface area is 217 Å². The van der Waals surface area contributed by atoms with Crippen LogP contribution in [0.5, 0.6) is 11.5 Å². The molecule has 0 spiro atoms. The van der Waals surface area contributed by atoms with Crippen molar-refractivity contribution in [1.82, 2.24) is 5.32 Å². The number of methoxy groups -OCH3 is 2. The van der Waals surface area contributed by atoms with Gasteiger partial charge in [0, 0.05) is 22.8 Å². The van der Waals surface area contributed by atoms with Gasteiger partial charge in [0.25, 0.3) is 5.91 Å². The predicted molar refractivity (Wildman–Crippen MR) is 144 cm³/mol. The van der Waals surface area contributed by atoms with Gasteiger partial charge >= 0.3 is 0 Å². The van der Waals surface area contributed by atoms with Crippen LogP contribution >= 0.6 is 27.7 Å². The Kier molecular flexibility index (Phi) is 9.22. The zero-order valence-electron chi connectivity index (χ0n) is 20.1. The number of nitrogens with two attached hydrogens (primary N) is 1. The van der Waals surface area contributed by atoms with Gasteiger partial charge in [0.1, 0.15) is 10.3 Å². The molecule has 4 N–H and O–H groups in total. The number of nitrogens with zero attached hydrogens (tertiary/aromatic N) is 1. The number of ether oxygens (including phenoxy) is 2. The molecule has 8 nitrogen and oxygen atoms in total. The van der Waals surface area contributed by atoms with Crippen LogP contribution in [0.2, 0.25) is 0 Å². The van der Waals surface area contributed by atoms with Gasteiger partial charge < -0.3 is 25.8 Å². The molecule has 1 heterocycles. The van der Waals surface area contributed by atoms with Crippen molar-refractivity contribution in [3.05, 3.63) is 63.8 Å². The minimum absolute atomic E-state index is 0.0649. The van der Waals surface area contributed by atoms with E-state index in [1.807, 2.05) is 50.2 Å². The number of para-hydroxylation sites is 1. The van der Waals surface area contributed by atoms with Crippen molar-refractivity contribution < 1.29 is 19.1 Å². The highest BCUT2D eigenvalue weighted by atomic mass is 79.9. The van der Waals surface area contributed by atoms with Crippen molar-refractivity contribution in [2.75, 3.05) is 26.1 Å². The molecule has 2 aromatic carbocycles. The molecule has 2 aromatic rings. The molecule has 0 aromatic heterocycles. The topological polar surface area (TPSA) is 115 Å². The third-order valence-corrected chi connectivity index (χ3v) is 7.06. The summed E-state index contributed by atoms with van der Waals surface area (Å²) in [7, 11) is 3.16. The van der Waals surface area contributed by atoms with Gasteiger partial charge in [-0.2, -0.15) is 0 Å². The van der Waals surface area contributed by atoms with Gasteiger partial charge in [-0.25, -0.2) is 0 Å². The van der Waals surface area contributed by atoms with Gasteiger partial charge in [-0.15, -0.1) is 0 Å². The van der Waals surface area contributed by atoms with Crippen molar-refractivity contribution in [2.45, 2.75) is 31.6 Å². The second-order valence-corrected chi connectivity index (χ2v) is 9.97. The third-order valence-electron chi connectivity index (χ3n) is 5.13. The molecule has 1 aliphatic heterocycles. The van der Waals surface area contributed by atoms with Crippen molar-refractivity contribution >= 4 is 50.2 Å². The van der Waals surface area contributed by atoms with Crippen molar-refractivity contribution in [1.29, 1.82) is 0 Å². The first-order valence-electron chi connectivity index (χ1n) is 11.0. The van der Waals surface area contributed by atoms with E-state index in [1.165, 1.54) is 11.8 Å². The summed E-state index contributed by atoms with van der Waals surface area (Å²) in [6, 6.07) is 12.8. The molecule has 3 rings (SSSR count). The molecule has 10 heteroatoms. The number of carbonyl (C=O) groups excluding carboxylic acids is 2. The highest BCUT2D eigenvalue weighted by molar-refractivity contribution is 9.10. The van der Waals surface area contributed by atoms with Gasteiger partial charge in [-0.3, -0.25) is 14.6 Å². The van der Waals surface area contributed by atoms with Crippen molar-refractivity contribution in [2.24, 2.45) is 10.7 Å². The molecule has 186 valence electrons. The Bertz CT molecular complexity index is 1170. The number of carbonyl (C=O) groups is 2. The summed E-state index contributed by atoms with van der Waals surface area (Å²) in [5, 5.41) is 5.49. The molecule has 0 saturated heterocycles. The summed E-state index contributed by atoms with van der Waals surface area (Å²) in [4.78, 5) is 30.7. The molecule has 1 aliphatic rings. The number of hydrogen-bond donors (Lipinski definition) is 3. The van der Waals surface area contributed by atoms with E-state index in [9.17, 15) is 9.59 Å². The molecule has 2 amide bonds. The zero-order chi connectivity index (χ0) is 25.5. The SMILES string of the molecule is COc1ccc(CCNC(=O)C2=C(N)[C@H](C(=O)Nc3ccccc3Br)SC2=NC(C)C)cc1OC. The minimum Gasteiger partial charge on any atom is -0.493 e.